The number of rotatable bonds is 4. The number of benzene rings is 1. The van der Waals surface area contributed by atoms with Gasteiger partial charge in [0.1, 0.15) is 4.99 Å². The van der Waals surface area contributed by atoms with Crippen LogP contribution in [0.15, 0.2) is 30.3 Å². The lowest BCUT2D eigenvalue weighted by atomic mass is 9.95. The Morgan fingerprint density at radius 2 is 1.93 bits per heavy atom. The minimum Gasteiger partial charge on any atom is -0.396 e. The molecular weight excluding hydrogens is 206 g/mol. The van der Waals surface area contributed by atoms with Crippen molar-refractivity contribution in [2.45, 2.75) is 13.8 Å². The zero-order chi connectivity index (χ0) is 11.3. The summed E-state index contributed by atoms with van der Waals surface area (Å²) in [6.07, 6.45) is 0. The van der Waals surface area contributed by atoms with Gasteiger partial charge in [0.25, 0.3) is 0 Å². The Kier molecular flexibility index (Phi) is 4.24. The second-order valence-electron chi connectivity index (χ2n) is 4.37. The van der Waals surface area contributed by atoms with Crippen LogP contribution in [0.4, 0.5) is 0 Å². The summed E-state index contributed by atoms with van der Waals surface area (Å²) < 4.78 is 0. The molecule has 0 aliphatic heterocycles. The summed E-state index contributed by atoms with van der Waals surface area (Å²) in [5, 5.41) is 12.3. The first-order valence-electron chi connectivity index (χ1n) is 4.99. The molecule has 0 bridgehead atoms. The first-order valence-corrected chi connectivity index (χ1v) is 5.40. The molecule has 0 amide bonds. The van der Waals surface area contributed by atoms with Crippen molar-refractivity contribution in [2.75, 3.05) is 13.2 Å². The summed E-state index contributed by atoms with van der Waals surface area (Å²) in [5.41, 5.74) is 0.875. The third-order valence-corrected chi connectivity index (χ3v) is 2.57. The van der Waals surface area contributed by atoms with Gasteiger partial charge >= 0.3 is 0 Å². The summed E-state index contributed by atoms with van der Waals surface area (Å²) in [5.74, 6) is 0. The third-order valence-electron chi connectivity index (χ3n) is 2.19. The lowest BCUT2D eigenvalue weighted by molar-refractivity contribution is 0.162. The SMILES string of the molecule is CC(C)(CO)CNC(=S)c1ccccc1. The molecule has 0 saturated carbocycles. The van der Waals surface area contributed by atoms with Gasteiger partial charge in [0.05, 0.1) is 0 Å². The maximum Gasteiger partial charge on any atom is 0.106 e. The van der Waals surface area contributed by atoms with Crippen molar-refractivity contribution in [3.05, 3.63) is 35.9 Å². The van der Waals surface area contributed by atoms with Crippen molar-refractivity contribution in [3.63, 3.8) is 0 Å². The van der Waals surface area contributed by atoms with Gasteiger partial charge in [0.2, 0.25) is 0 Å². The topological polar surface area (TPSA) is 32.3 Å². The summed E-state index contributed by atoms with van der Waals surface area (Å²) in [4.78, 5) is 0.733. The molecule has 0 spiro atoms. The van der Waals surface area contributed by atoms with Crippen LogP contribution in [0, 0.1) is 5.41 Å². The summed E-state index contributed by atoms with van der Waals surface area (Å²) in [7, 11) is 0. The molecule has 0 aromatic heterocycles. The fourth-order valence-electron chi connectivity index (χ4n) is 1.07. The molecule has 0 atom stereocenters. The van der Waals surface area contributed by atoms with Gasteiger partial charge in [-0.1, -0.05) is 56.4 Å². The highest BCUT2D eigenvalue weighted by molar-refractivity contribution is 7.80. The molecule has 3 heteroatoms. The van der Waals surface area contributed by atoms with Gasteiger partial charge in [-0.2, -0.15) is 0 Å². The van der Waals surface area contributed by atoms with E-state index in [1.165, 1.54) is 0 Å². The number of aliphatic hydroxyl groups is 1. The van der Waals surface area contributed by atoms with E-state index in [1.54, 1.807) is 0 Å². The molecule has 1 rings (SSSR count). The Bertz CT molecular complexity index is 322. The van der Waals surface area contributed by atoms with Gasteiger partial charge in [-0.05, 0) is 0 Å². The van der Waals surface area contributed by atoms with E-state index < -0.39 is 0 Å². The fourth-order valence-corrected chi connectivity index (χ4v) is 1.28. The van der Waals surface area contributed by atoms with Gasteiger partial charge in [-0.3, -0.25) is 0 Å². The van der Waals surface area contributed by atoms with E-state index >= 15 is 0 Å². The predicted molar refractivity (Wildman–Crippen MR) is 67.0 cm³/mol. The summed E-state index contributed by atoms with van der Waals surface area (Å²) in [6, 6.07) is 9.83. The van der Waals surface area contributed by atoms with Crippen molar-refractivity contribution in [2.24, 2.45) is 5.41 Å². The van der Waals surface area contributed by atoms with Gasteiger partial charge in [0, 0.05) is 24.1 Å². The maximum atomic E-state index is 9.09. The van der Waals surface area contributed by atoms with Crippen LogP contribution in [0.1, 0.15) is 19.4 Å². The zero-order valence-electron chi connectivity index (χ0n) is 9.16. The second-order valence-corrected chi connectivity index (χ2v) is 4.78. The standard InChI is InChI=1S/C12H17NOS/c1-12(2,9-14)8-13-11(15)10-6-4-3-5-7-10/h3-7,14H,8-9H2,1-2H3,(H,13,15). The first-order chi connectivity index (χ1) is 7.05. The summed E-state index contributed by atoms with van der Waals surface area (Å²) >= 11 is 5.24. The van der Waals surface area contributed by atoms with Gasteiger partial charge in [-0.15, -0.1) is 0 Å². The van der Waals surface area contributed by atoms with Crippen LogP contribution in [0.25, 0.3) is 0 Å². The molecule has 0 radical (unpaired) electrons. The number of aliphatic hydroxyl groups excluding tert-OH is 1. The maximum absolute atomic E-state index is 9.09. The molecule has 0 heterocycles. The molecule has 15 heavy (non-hydrogen) atoms. The van der Waals surface area contributed by atoms with E-state index in [0.717, 1.165) is 10.6 Å². The Hall–Kier alpha value is -0.930. The van der Waals surface area contributed by atoms with Crippen molar-refractivity contribution in [1.82, 2.24) is 5.32 Å². The molecule has 2 N–H and O–H groups in total. The van der Waals surface area contributed by atoms with Gasteiger partial charge in [-0.25, -0.2) is 0 Å². The van der Waals surface area contributed by atoms with Crippen LogP contribution in [0.3, 0.4) is 0 Å². The molecule has 2 nitrogen and oxygen atoms in total. The molecule has 1 aromatic carbocycles. The van der Waals surface area contributed by atoms with Crippen LogP contribution in [-0.2, 0) is 0 Å². The molecule has 0 fully saturated rings. The van der Waals surface area contributed by atoms with Crippen LogP contribution < -0.4 is 5.32 Å². The van der Waals surface area contributed by atoms with Crippen LogP contribution in [-0.4, -0.2) is 23.2 Å². The van der Waals surface area contributed by atoms with E-state index in [-0.39, 0.29) is 12.0 Å². The largest absolute Gasteiger partial charge is 0.396 e. The van der Waals surface area contributed by atoms with E-state index in [2.05, 4.69) is 5.32 Å². The lowest BCUT2D eigenvalue weighted by Gasteiger charge is -2.22. The average molecular weight is 223 g/mol. The van der Waals surface area contributed by atoms with Crippen LogP contribution in [0.2, 0.25) is 0 Å². The molecule has 0 unspecified atom stereocenters. The average Bonchev–Trinajstić information content (AvgIpc) is 2.27. The Balaban J connectivity index is 2.51. The quantitative estimate of drug-likeness (QED) is 0.765. The highest BCUT2D eigenvalue weighted by Gasteiger charge is 2.16. The van der Waals surface area contributed by atoms with Crippen molar-refractivity contribution >= 4 is 17.2 Å². The minimum atomic E-state index is -0.140. The summed E-state index contributed by atoms with van der Waals surface area (Å²) in [6.45, 7) is 4.82. The van der Waals surface area contributed by atoms with E-state index in [0.29, 0.717) is 6.54 Å². The Morgan fingerprint density at radius 1 is 1.33 bits per heavy atom. The van der Waals surface area contributed by atoms with Gasteiger partial charge < -0.3 is 10.4 Å². The smallest absolute Gasteiger partial charge is 0.106 e. The Labute approximate surface area is 96.3 Å². The second kappa shape index (κ2) is 5.24. The number of nitrogens with one attached hydrogen (secondary N) is 1. The Morgan fingerprint density at radius 3 is 2.47 bits per heavy atom. The number of thiocarbonyl (C=S) groups is 1. The molecule has 1 aromatic rings. The van der Waals surface area contributed by atoms with E-state index in [4.69, 9.17) is 17.3 Å². The highest BCUT2D eigenvalue weighted by atomic mass is 32.1. The van der Waals surface area contributed by atoms with E-state index in [9.17, 15) is 0 Å². The zero-order valence-corrected chi connectivity index (χ0v) is 9.97. The normalized spacial score (nSPS) is 11.1. The molecule has 0 aliphatic carbocycles. The van der Waals surface area contributed by atoms with E-state index in [1.807, 2.05) is 44.2 Å². The van der Waals surface area contributed by atoms with Crippen molar-refractivity contribution in [3.8, 4) is 0 Å². The molecular formula is C12H17NOS. The van der Waals surface area contributed by atoms with Gasteiger partial charge in [0.15, 0.2) is 0 Å². The highest BCUT2D eigenvalue weighted by Crippen LogP contribution is 2.11. The van der Waals surface area contributed by atoms with Crippen molar-refractivity contribution < 1.29 is 5.11 Å². The third kappa shape index (κ3) is 3.98. The van der Waals surface area contributed by atoms with Crippen molar-refractivity contribution in [1.29, 1.82) is 0 Å². The van der Waals surface area contributed by atoms with Crippen LogP contribution >= 0.6 is 12.2 Å². The monoisotopic (exact) mass is 223 g/mol. The fraction of sp³-hybridized carbons (Fsp3) is 0.417. The molecule has 0 saturated heterocycles. The molecule has 0 aliphatic rings. The number of hydrogen-bond acceptors (Lipinski definition) is 2. The lowest BCUT2D eigenvalue weighted by Crippen LogP contribution is -2.35. The minimum absolute atomic E-state index is 0.140. The predicted octanol–water partition coefficient (Wildman–Crippen LogP) is 1.97. The van der Waals surface area contributed by atoms with Crippen LogP contribution in [0.5, 0.6) is 0 Å². The number of hydrogen-bond donors (Lipinski definition) is 2. The first kappa shape index (κ1) is 12.1. The molecule has 82 valence electrons.